The minimum Gasteiger partial charge on any atom is -0.477 e. The third kappa shape index (κ3) is 5.09. The first kappa shape index (κ1) is 25.7. The molecule has 0 bridgehead atoms. The molecule has 2 aliphatic heterocycles. The lowest BCUT2D eigenvalue weighted by atomic mass is 9.75. The van der Waals surface area contributed by atoms with Crippen LogP contribution in [0.3, 0.4) is 0 Å². The molecule has 4 heterocycles. The number of carboxylic acids is 1. The van der Waals surface area contributed by atoms with E-state index in [0.717, 1.165) is 16.1 Å². The molecule has 0 aliphatic carbocycles. The SMILES string of the molecule is N#Cc1ccc(C(Oc2ccccn2)(c2sc(C(=O)O)cc2Br)C2CCOCC2)cc1N1CCOCC1. The number of pyridine rings is 1. The largest absolute Gasteiger partial charge is 0.477 e. The number of thiophene rings is 1. The fourth-order valence-corrected chi connectivity index (χ4v) is 7.10. The lowest BCUT2D eigenvalue weighted by Gasteiger charge is -2.43. The number of hydrogen-bond acceptors (Lipinski definition) is 8. The van der Waals surface area contributed by atoms with Crippen LogP contribution in [0.4, 0.5) is 5.69 Å². The maximum atomic E-state index is 12.0. The van der Waals surface area contributed by atoms with Gasteiger partial charge >= 0.3 is 5.97 Å². The normalized spacial score (nSPS) is 18.1. The highest BCUT2D eigenvalue weighted by Crippen LogP contribution is 2.51. The van der Waals surface area contributed by atoms with E-state index in [1.54, 1.807) is 18.3 Å². The Balaban J connectivity index is 1.76. The predicted octanol–water partition coefficient (Wildman–Crippen LogP) is 5.06. The Morgan fingerprint density at radius 3 is 2.57 bits per heavy atom. The molecule has 2 aromatic heterocycles. The van der Waals surface area contributed by atoms with Gasteiger partial charge in [0.2, 0.25) is 5.88 Å². The molecule has 1 unspecified atom stereocenters. The summed E-state index contributed by atoms with van der Waals surface area (Å²) < 4.78 is 18.8. The molecule has 2 saturated heterocycles. The second-order valence-electron chi connectivity index (χ2n) is 8.93. The number of rotatable bonds is 7. The molecule has 192 valence electrons. The van der Waals surface area contributed by atoms with Gasteiger partial charge in [0.1, 0.15) is 10.9 Å². The zero-order chi connectivity index (χ0) is 25.8. The second-order valence-corrected chi connectivity index (χ2v) is 10.8. The van der Waals surface area contributed by atoms with Crippen molar-refractivity contribution in [1.82, 2.24) is 4.98 Å². The number of hydrogen-bond donors (Lipinski definition) is 1. The van der Waals surface area contributed by atoms with Crippen molar-refractivity contribution in [3.05, 3.63) is 74.0 Å². The van der Waals surface area contributed by atoms with E-state index < -0.39 is 11.6 Å². The molecule has 1 atom stereocenters. The number of halogens is 1. The van der Waals surface area contributed by atoms with Gasteiger partial charge in [-0.2, -0.15) is 5.26 Å². The number of aromatic carboxylic acids is 1. The van der Waals surface area contributed by atoms with Gasteiger partial charge in [-0.15, -0.1) is 11.3 Å². The van der Waals surface area contributed by atoms with Gasteiger partial charge < -0.3 is 24.2 Å². The van der Waals surface area contributed by atoms with Crippen molar-refractivity contribution in [2.24, 2.45) is 5.92 Å². The number of morpholine rings is 1. The number of nitrogens with zero attached hydrogens (tertiary/aromatic N) is 3. The molecule has 0 amide bonds. The van der Waals surface area contributed by atoms with Crippen molar-refractivity contribution in [1.29, 1.82) is 5.26 Å². The van der Waals surface area contributed by atoms with Crippen LogP contribution in [0.25, 0.3) is 0 Å². The van der Waals surface area contributed by atoms with Crippen molar-refractivity contribution in [3.63, 3.8) is 0 Å². The Bertz CT molecular complexity index is 1300. The molecular weight excluding hydrogens is 558 g/mol. The Kier molecular flexibility index (Phi) is 7.76. The molecule has 37 heavy (non-hydrogen) atoms. The van der Waals surface area contributed by atoms with Crippen molar-refractivity contribution >= 4 is 38.9 Å². The van der Waals surface area contributed by atoms with Crippen LogP contribution in [-0.4, -0.2) is 55.6 Å². The van der Waals surface area contributed by atoms with Gasteiger partial charge in [0.15, 0.2) is 5.60 Å². The average Bonchev–Trinajstić information content (AvgIpc) is 3.35. The first-order valence-electron chi connectivity index (χ1n) is 12.1. The van der Waals surface area contributed by atoms with E-state index in [0.29, 0.717) is 68.3 Å². The van der Waals surface area contributed by atoms with E-state index in [1.807, 2.05) is 30.3 Å². The second kappa shape index (κ2) is 11.2. The van der Waals surface area contributed by atoms with E-state index in [2.05, 4.69) is 31.9 Å². The van der Waals surface area contributed by atoms with Gasteiger partial charge in [-0.3, -0.25) is 0 Å². The zero-order valence-corrected chi connectivity index (χ0v) is 22.5. The van der Waals surface area contributed by atoms with Crippen LogP contribution in [0, 0.1) is 17.2 Å². The molecule has 8 nitrogen and oxygen atoms in total. The molecule has 1 N–H and O–H groups in total. The van der Waals surface area contributed by atoms with Gasteiger partial charge in [-0.1, -0.05) is 12.1 Å². The van der Waals surface area contributed by atoms with Gasteiger partial charge in [0, 0.05) is 54.5 Å². The molecular formula is C27H26BrN3O5S. The summed E-state index contributed by atoms with van der Waals surface area (Å²) in [5.74, 6) is -0.599. The molecule has 2 fully saturated rings. The molecule has 2 aliphatic rings. The van der Waals surface area contributed by atoms with Gasteiger partial charge in [-0.05, 0) is 53.0 Å². The van der Waals surface area contributed by atoms with Gasteiger partial charge in [-0.25, -0.2) is 9.78 Å². The Labute approximate surface area is 227 Å². The number of benzene rings is 1. The maximum Gasteiger partial charge on any atom is 0.345 e. The highest BCUT2D eigenvalue weighted by atomic mass is 79.9. The van der Waals surface area contributed by atoms with Crippen molar-refractivity contribution in [2.45, 2.75) is 18.4 Å². The third-order valence-electron chi connectivity index (χ3n) is 6.83. The highest BCUT2D eigenvalue weighted by molar-refractivity contribution is 9.10. The van der Waals surface area contributed by atoms with Crippen LogP contribution in [0.15, 0.2) is 53.1 Å². The van der Waals surface area contributed by atoms with E-state index in [4.69, 9.17) is 14.2 Å². The number of nitriles is 1. The Morgan fingerprint density at radius 1 is 1.16 bits per heavy atom. The van der Waals surface area contributed by atoms with E-state index in [-0.39, 0.29) is 10.8 Å². The number of aromatic nitrogens is 1. The van der Waals surface area contributed by atoms with Crippen molar-refractivity contribution in [2.75, 3.05) is 44.4 Å². The molecule has 0 saturated carbocycles. The summed E-state index contributed by atoms with van der Waals surface area (Å²) in [5, 5.41) is 19.7. The summed E-state index contributed by atoms with van der Waals surface area (Å²) in [6, 6.07) is 15.2. The maximum absolute atomic E-state index is 12.0. The minimum atomic E-state index is -1.07. The standard InChI is InChI=1S/C27H26BrN3O5S/c28-21-16-23(26(32)33)37-25(21)27(19-6-11-34-12-7-19,36-24-3-1-2-8-30-24)20-5-4-18(17-29)22(15-20)31-9-13-35-14-10-31/h1-5,8,15-16,19H,6-7,9-14H2,(H,32,33). The molecule has 0 spiro atoms. The fourth-order valence-electron chi connectivity index (χ4n) is 5.07. The average molecular weight is 584 g/mol. The number of carbonyl (C=O) groups is 1. The topological polar surface area (TPSA) is 105 Å². The fraction of sp³-hybridized carbons (Fsp3) is 0.370. The van der Waals surface area contributed by atoms with Gasteiger partial charge in [0.05, 0.1) is 29.3 Å². The summed E-state index contributed by atoms with van der Waals surface area (Å²) in [4.78, 5) is 19.6. The summed E-state index contributed by atoms with van der Waals surface area (Å²) in [6.07, 6.45) is 3.10. The summed E-state index contributed by atoms with van der Waals surface area (Å²) in [5.41, 5.74) is 1.16. The van der Waals surface area contributed by atoms with Crippen LogP contribution >= 0.6 is 27.3 Å². The number of ether oxygens (including phenoxy) is 3. The Hall–Kier alpha value is -2.97. The van der Waals surface area contributed by atoms with Crippen molar-refractivity contribution in [3.8, 4) is 11.9 Å². The molecule has 0 radical (unpaired) electrons. The van der Waals surface area contributed by atoms with Crippen LogP contribution in [-0.2, 0) is 15.1 Å². The van der Waals surface area contributed by atoms with E-state index in [9.17, 15) is 15.2 Å². The molecule has 5 rings (SSSR count). The quantitative estimate of drug-likeness (QED) is 0.411. The first-order chi connectivity index (χ1) is 18.0. The zero-order valence-electron chi connectivity index (χ0n) is 20.1. The van der Waals surface area contributed by atoms with E-state index in [1.165, 1.54) is 11.3 Å². The van der Waals surface area contributed by atoms with Crippen LogP contribution in [0.1, 0.15) is 38.5 Å². The summed E-state index contributed by atoms with van der Waals surface area (Å²) in [6.45, 7) is 3.66. The van der Waals surface area contributed by atoms with Crippen LogP contribution in [0.5, 0.6) is 5.88 Å². The first-order valence-corrected chi connectivity index (χ1v) is 13.7. The van der Waals surface area contributed by atoms with Crippen LogP contribution in [0.2, 0.25) is 0 Å². The summed E-state index contributed by atoms with van der Waals surface area (Å²) in [7, 11) is 0. The smallest absolute Gasteiger partial charge is 0.345 e. The Morgan fingerprint density at radius 2 is 1.92 bits per heavy atom. The van der Waals surface area contributed by atoms with Crippen molar-refractivity contribution < 1.29 is 24.1 Å². The lowest BCUT2D eigenvalue weighted by Crippen LogP contribution is -2.45. The predicted molar refractivity (Wildman–Crippen MR) is 142 cm³/mol. The highest BCUT2D eigenvalue weighted by Gasteiger charge is 2.48. The minimum absolute atomic E-state index is 0.0367. The summed E-state index contributed by atoms with van der Waals surface area (Å²) >= 11 is 4.85. The molecule has 10 heteroatoms. The van der Waals surface area contributed by atoms with Crippen LogP contribution < -0.4 is 9.64 Å². The lowest BCUT2D eigenvalue weighted by molar-refractivity contribution is -0.0276. The van der Waals surface area contributed by atoms with E-state index >= 15 is 0 Å². The third-order valence-corrected chi connectivity index (χ3v) is 8.96. The number of anilines is 1. The molecule has 1 aromatic carbocycles. The molecule has 3 aromatic rings. The number of carboxylic acid groups (broad SMARTS) is 1. The van der Waals surface area contributed by atoms with Gasteiger partial charge in [0.25, 0.3) is 0 Å². The monoisotopic (exact) mass is 583 g/mol.